The first-order valence-corrected chi connectivity index (χ1v) is 10.7. The molecule has 1 N–H and O–H groups in total. The summed E-state index contributed by atoms with van der Waals surface area (Å²) < 4.78 is 2.17. The monoisotopic (exact) mass is 621 g/mol. The molecule has 2 aromatic carbocycles. The Morgan fingerprint density at radius 1 is 1.22 bits per heavy atom. The second-order valence-corrected chi connectivity index (χ2v) is 8.32. The Labute approximate surface area is 203 Å². The number of aliphatic hydroxyl groups excluding tert-OH is 1. The molecule has 0 saturated heterocycles. The number of fused-ring (bicyclic) bond motifs is 6. The van der Waals surface area contributed by atoms with Gasteiger partial charge in [-0.1, -0.05) is 41.5 Å². The van der Waals surface area contributed by atoms with Gasteiger partial charge in [0, 0.05) is 55.2 Å². The van der Waals surface area contributed by atoms with Crippen molar-refractivity contribution in [2.75, 3.05) is 0 Å². The van der Waals surface area contributed by atoms with Crippen LogP contribution in [-0.4, -0.2) is 25.3 Å². The van der Waals surface area contributed by atoms with E-state index in [9.17, 15) is 4.79 Å². The van der Waals surface area contributed by atoms with Gasteiger partial charge in [-0.3, -0.25) is 9.78 Å². The van der Waals surface area contributed by atoms with Gasteiger partial charge in [-0.25, -0.2) is 4.98 Å². The maximum absolute atomic E-state index is 10.0. The summed E-state index contributed by atoms with van der Waals surface area (Å²) >= 11 is 1.67. The Bertz CT molecular complexity index is 1450. The van der Waals surface area contributed by atoms with Gasteiger partial charge in [0.15, 0.2) is 5.78 Å². The molecule has 32 heavy (non-hydrogen) atoms. The third-order valence-electron chi connectivity index (χ3n) is 4.87. The summed E-state index contributed by atoms with van der Waals surface area (Å²) in [6.07, 6.45) is 5.12. The fourth-order valence-electron chi connectivity index (χ4n) is 3.76. The third-order valence-corrected chi connectivity index (χ3v) is 5.66. The van der Waals surface area contributed by atoms with Crippen LogP contribution in [-0.2, 0) is 24.9 Å². The first kappa shape index (κ1) is 23.8. The smallest absolute Gasteiger partial charge is 0.155 e. The maximum Gasteiger partial charge on any atom is 0.155 e. The molecule has 1 radical (unpaired) electrons. The summed E-state index contributed by atoms with van der Waals surface area (Å²) in [5, 5.41) is 14.9. The van der Waals surface area contributed by atoms with Crippen molar-refractivity contribution in [2.45, 2.75) is 27.7 Å². The van der Waals surface area contributed by atoms with E-state index >= 15 is 0 Å². The number of carbonyl (C=O) groups excluding carboxylic acids is 1. The van der Waals surface area contributed by atoms with Crippen molar-refractivity contribution in [3.05, 3.63) is 77.3 Å². The van der Waals surface area contributed by atoms with Crippen LogP contribution in [0.4, 0.5) is 0 Å². The van der Waals surface area contributed by atoms with E-state index in [1.54, 1.807) is 11.3 Å². The van der Waals surface area contributed by atoms with E-state index in [4.69, 9.17) is 10.1 Å². The predicted molar refractivity (Wildman–Crippen MR) is 127 cm³/mol. The molecule has 3 aromatic heterocycles. The van der Waals surface area contributed by atoms with Gasteiger partial charge >= 0.3 is 0 Å². The molecule has 5 nitrogen and oxygen atoms in total. The van der Waals surface area contributed by atoms with Gasteiger partial charge in [0.1, 0.15) is 5.01 Å². The van der Waals surface area contributed by atoms with E-state index in [1.165, 1.54) is 41.8 Å². The summed E-state index contributed by atoms with van der Waals surface area (Å²) in [4.78, 5) is 19.3. The summed E-state index contributed by atoms with van der Waals surface area (Å²) in [7, 11) is 0. The first-order valence-electron chi connectivity index (χ1n) is 9.86. The number of hydrogen-bond donors (Lipinski definition) is 1. The average molecular weight is 621 g/mol. The number of rotatable bonds is 2. The van der Waals surface area contributed by atoms with E-state index in [1.807, 2.05) is 18.5 Å². The normalized spacial score (nSPS) is 11.3. The molecule has 0 atom stereocenters. The van der Waals surface area contributed by atoms with Crippen LogP contribution >= 0.6 is 11.3 Å². The molecular weight excluding hydrogens is 599 g/mol. The number of ketones is 1. The van der Waals surface area contributed by atoms with Gasteiger partial charge in [0.25, 0.3) is 0 Å². The summed E-state index contributed by atoms with van der Waals surface area (Å²) in [6, 6.07) is 14.0. The summed E-state index contributed by atoms with van der Waals surface area (Å²) in [6.45, 7) is 7.01. The van der Waals surface area contributed by atoms with Crippen LogP contribution in [0.2, 0.25) is 0 Å². The van der Waals surface area contributed by atoms with Crippen LogP contribution in [0.25, 0.3) is 37.9 Å². The Morgan fingerprint density at radius 2 is 1.97 bits per heavy atom. The molecule has 0 aliphatic rings. The zero-order valence-corrected chi connectivity index (χ0v) is 21.3. The number of para-hydroxylation sites is 1. The number of benzene rings is 2. The van der Waals surface area contributed by atoms with Crippen LogP contribution in [0.5, 0.6) is 0 Å². The van der Waals surface area contributed by atoms with Gasteiger partial charge in [0.05, 0.1) is 11.4 Å². The van der Waals surface area contributed by atoms with Crippen LogP contribution < -0.4 is 0 Å². The number of aliphatic hydroxyl groups is 1. The molecule has 0 amide bonds. The van der Waals surface area contributed by atoms with Crippen LogP contribution in [0, 0.1) is 19.9 Å². The van der Waals surface area contributed by atoms with E-state index in [0.29, 0.717) is 0 Å². The number of carbonyl (C=O) groups is 1. The molecule has 0 spiro atoms. The third kappa shape index (κ3) is 4.51. The molecule has 0 unspecified atom stereocenters. The van der Waals surface area contributed by atoms with Crippen LogP contribution in [0.3, 0.4) is 0 Å². The number of nitrogens with zero attached hydrogens (tertiary/aromatic N) is 3. The first-order chi connectivity index (χ1) is 14.9. The molecule has 0 bridgehead atoms. The number of thiazole rings is 1. The molecule has 3 heterocycles. The van der Waals surface area contributed by atoms with Crippen molar-refractivity contribution < 1.29 is 30.0 Å². The number of aromatic nitrogens is 3. The molecule has 0 fully saturated rings. The molecule has 0 aliphatic heterocycles. The molecular formula is C25H22IrN3O2S-. The van der Waals surface area contributed by atoms with E-state index in [-0.39, 0.29) is 31.6 Å². The standard InChI is InChI=1S/C20H14N3S.C5H8O2.Ir/c1-12-7-8-15-18(17(12)20-21-9-10-24-20)14-5-3-4-6-16(14)23-11-13(2)22-19(15)23;1-4(6)3-5(2)7;/h3-7,9-11H,1-2H3;3,6H,1-2H3;/q-1;;/b;4-3-;. The van der Waals surface area contributed by atoms with Crippen molar-refractivity contribution in [3.63, 3.8) is 0 Å². The van der Waals surface area contributed by atoms with Crippen molar-refractivity contribution in [3.8, 4) is 10.6 Å². The van der Waals surface area contributed by atoms with E-state index < -0.39 is 0 Å². The van der Waals surface area contributed by atoms with Gasteiger partial charge in [-0.2, -0.15) is 0 Å². The Hall–Kier alpha value is -2.86. The predicted octanol–water partition coefficient (Wildman–Crippen LogP) is 6.22. The number of aryl methyl sites for hydroxylation is 2. The van der Waals surface area contributed by atoms with Crippen molar-refractivity contribution in [2.24, 2.45) is 0 Å². The summed E-state index contributed by atoms with van der Waals surface area (Å²) in [5.74, 6) is -0.0625. The van der Waals surface area contributed by atoms with Gasteiger partial charge in [-0.15, -0.1) is 29.0 Å². The topological polar surface area (TPSA) is 67.5 Å². The summed E-state index contributed by atoms with van der Waals surface area (Å²) in [5.41, 5.74) is 5.52. The van der Waals surface area contributed by atoms with Crippen molar-refractivity contribution >= 4 is 44.4 Å². The molecule has 5 aromatic rings. The maximum atomic E-state index is 10.0. The van der Waals surface area contributed by atoms with Gasteiger partial charge < -0.3 is 9.51 Å². The second kappa shape index (κ2) is 9.74. The number of pyridine rings is 1. The zero-order valence-electron chi connectivity index (χ0n) is 18.1. The molecule has 5 rings (SSSR count). The van der Waals surface area contributed by atoms with Gasteiger partial charge in [-0.05, 0) is 32.2 Å². The Balaban J connectivity index is 0.000000318. The minimum atomic E-state index is -0.125. The van der Waals surface area contributed by atoms with Crippen LogP contribution in [0.15, 0.2) is 59.9 Å². The SMILES string of the molecule is CC(=O)/C=C(/C)O.Cc1cn2c3ccccc3c3c(-c4nccs4)c(C)c[c-]c3c2n1.[Ir]. The minimum Gasteiger partial charge on any atom is -0.512 e. The zero-order chi connectivity index (χ0) is 22.1. The fourth-order valence-corrected chi connectivity index (χ4v) is 4.52. The molecule has 7 heteroatoms. The molecule has 0 aliphatic carbocycles. The van der Waals surface area contributed by atoms with Gasteiger partial charge in [0.2, 0.25) is 0 Å². The average Bonchev–Trinajstić information content (AvgIpc) is 3.37. The molecule has 0 saturated carbocycles. The van der Waals surface area contributed by atoms with E-state index in [2.05, 4.69) is 58.9 Å². The number of hydrogen-bond acceptors (Lipinski definition) is 5. The second-order valence-electron chi connectivity index (χ2n) is 7.42. The number of allylic oxidation sites excluding steroid dienone is 2. The van der Waals surface area contributed by atoms with Crippen molar-refractivity contribution in [1.29, 1.82) is 0 Å². The van der Waals surface area contributed by atoms with Crippen molar-refractivity contribution in [1.82, 2.24) is 14.4 Å². The fraction of sp³-hybridized carbons (Fsp3) is 0.160. The van der Waals surface area contributed by atoms with Crippen LogP contribution in [0.1, 0.15) is 25.1 Å². The largest absolute Gasteiger partial charge is 0.512 e. The minimum absolute atomic E-state index is 0. The molecule has 165 valence electrons. The Morgan fingerprint density at radius 3 is 2.59 bits per heavy atom. The van der Waals surface area contributed by atoms with E-state index in [0.717, 1.165) is 27.3 Å². The Kier molecular flexibility index (Phi) is 7.24. The number of imidazole rings is 1. The quantitative estimate of drug-likeness (QED) is 0.110.